The highest BCUT2D eigenvalue weighted by molar-refractivity contribution is 5.90. The molecule has 0 radical (unpaired) electrons. The molecule has 1 aliphatic heterocycles. The Hall–Kier alpha value is -1.76. The van der Waals surface area contributed by atoms with Crippen molar-refractivity contribution in [1.29, 1.82) is 0 Å². The largest absolute Gasteiger partial charge is 0.418 e. The zero-order valence-electron chi connectivity index (χ0n) is 11.7. The second kappa shape index (κ2) is 6.34. The number of halogens is 3. The minimum Gasteiger partial charge on any atom is -0.335 e. The van der Waals surface area contributed by atoms with E-state index in [0.717, 1.165) is 32.0 Å². The topological polar surface area (TPSA) is 44.4 Å². The fraction of sp³-hybridized carbons (Fsp3) is 0.500. The van der Waals surface area contributed by atoms with E-state index in [-0.39, 0.29) is 11.7 Å². The van der Waals surface area contributed by atoms with E-state index in [1.54, 1.807) is 0 Å². The number of urea groups is 1. The molecule has 1 heterocycles. The molecule has 1 aromatic rings. The number of nitrogens with zero attached hydrogens (tertiary/aromatic N) is 1. The molecule has 1 saturated heterocycles. The first-order chi connectivity index (χ1) is 9.86. The van der Waals surface area contributed by atoms with Crippen LogP contribution in [-0.2, 0) is 6.18 Å². The first-order valence-corrected chi connectivity index (χ1v) is 6.78. The van der Waals surface area contributed by atoms with E-state index >= 15 is 0 Å². The van der Waals surface area contributed by atoms with Gasteiger partial charge in [0.2, 0.25) is 0 Å². The molecule has 21 heavy (non-hydrogen) atoms. The van der Waals surface area contributed by atoms with Crippen molar-refractivity contribution in [3.8, 4) is 0 Å². The Kier molecular flexibility index (Phi) is 4.72. The Morgan fingerprint density at radius 3 is 2.48 bits per heavy atom. The molecule has 0 bridgehead atoms. The monoisotopic (exact) mass is 301 g/mol. The SMILES string of the molecule is CN1CCC(NC(=O)Nc2ccccc2C(F)(F)F)CC1. The number of hydrogen-bond donors (Lipinski definition) is 2. The van der Waals surface area contributed by atoms with E-state index in [1.165, 1.54) is 18.2 Å². The molecule has 1 fully saturated rings. The third-order valence-corrected chi connectivity index (χ3v) is 3.53. The van der Waals surface area contributed by atoms with Crippen molar-refractivity contribution >= 4 is 11.7 Å². The van der Waals surface area contributed by atoms with Crippen molar-refractivity contribution in [3.05, 3.63) is 29.8 Å². The average Bonchev–Trinajstić information content (AvgIpc) is 2.41. The minimum atomic E-state index is -4.49. The van der Waals surface area contributed by atoms with Gasteiger partial charge in [0.15, 0.2) is 0 Å². The summed E-state index contributed by atoms with van der Waals surface area (Å²) >= 11 is 0. The molecule has 0 spiro atoms. The number of para-hydroxylation sites is 1. The molecule has 116 valence electrons. The van der Waals surface area contributed by atoms with Crippen LogP contribution < -0.4 is 10.6 Å². The van der Waals surface area contributed by atoms with Gasteiger partial charge < -0.3 is 15.5 Å². The summed E-state index contributed by atoms with van der Waals surface area (Å²) in [5, 5.41) is 5.01. The molecule has 0 unspecified atom stereocenters. The van der Waals surface area contributed by atoms with Crippen molar-refractivity contribution in [1.82, 2.24) is 10.2 Å². The van der Waals surface area contributed by atoms with E-state index in [9.17, 15) is 18.0 Å². The standard InChI is InChI=1S/C14H18F3N3O/c1-20-8-6-10(7-9-20)18-13(21)19-12-5-3-2-4-11(12)14(15,16)17/h2-5,10H,6-9H2,1H3,(H2,18,19,21). The van der Waals surface area contributed by atoms with Crippen LogP contribution in [0.2, 0.25) is 0 Å². The fourth-order valence-electron chi connectivity index (χ4n) is 2.34. The zero-order chi connectivity index (χ0) is 15.5. The first kappa shape index (κ1) is 15.6. The first-order valence-electron chi connectivity index (χ1n) is 6.78. The van der Waals surface area contributed by atoms with Crippen molar-refractivity contribution < 1.29 is 18.0 Å². The van der Waals surface area contributed by atoms with Crippen LogP contribution in [0.15, 0.2) is 24.3 Å². The maximum atomic E-state index is 12.8. The Balaban J connectivity index is 1.97. The van der Waals surface area contributed by atoms with Gasteiger partial charge >= 0.3 is 12.2 Å². The summed E-state index contributed by atoms with van der Waals surface area (Å²) in [7, 11) is 2.00. The van der Waals surface area contributed by atoms with E-state index in [2.05, 4.69) is 15.5 Å². The summed E-state index contributed by atoms with van der Waals surface area (Å²) in [5.41, 5.74) is -1.07. The summed E-state index contributed by atoms with van der Waals surface area (Å²) in [6.45, 7) is 1.73. The van der Waals surface area contributed by atoms with Crippen molar-refractivity contribution in [2.45, 2.75) is 25.1 Å². The number of carbonyl (C=O) groups excluding carboxylic acids is 1. The molecule has 0 aromatic heterocycles. The van der Waals surface area contributed by atoms with Crippen LogP contribution in [0.3, 0.4) is 0 Å². The van der Waals surface area contributed by atoms with E-state index in [0.29, 0.717) is 0 Å². The van der Waals surface area contributed by atoms with Crippen molar-refractivity contribution in [2.24, 2.45) is 0 Å². The smallest absolute Gasteiger partial charge is 0.335 e. The molecule has 2 rings (SSSR count). The highest BCUT2D eigenvalue weighted by atomic mass is 19.4. The molecule has 0 saturated carbocycles. The second-order valence-electron chi connectivity index (χ2n) is 5.22. The molecule has 0 atom stereocenters. The highest BCUT2D eigenvalue weighted by Crippen LogP contribution is 2.34. The zero-order valence-corrected chi connectivity index (χ0v) is 11.7. The molecule has 4 nitrogen and oxygen atoms in total. The lowest BCUT2D eigenvalue weighted by Crippen LogP contribution is -2.45. The van der Waals surface area contributed by atoms with E-state index < -0.39 is 17.8 Å². The van der Waals surface area contributed by atoms with Gasteiger partial charge in [0, 0.05) is 6.04 Å². The summed E-state index contributed by atoms with van der Waals surface area (Å²) in [6, 6.07) is 4.35. The van der Waals surface area contributed by atoms with Crippen LogP contribution >= 0.6 is 0 Å². The Morgan fingerprint density at radius 1 is 1.24 bits per heavy atom. The van der Waals surface area contributed by atoms with Gasteiger partial charge in [0.1, 0.15) is 0 Å². The van der Waals surface area contributed by atoms with Crippen LogP contribution in [0.1, 0.15) is 18.4 Å². The minimum absolute atomic E-state index is 0.000695. The van der Waals surface area contributed by atoms with Gasteiger partial charge in [-0.25, -0.2) is 4.79 Å². The number of likely N-dealkylation sites (tertiary alicyclic amines) is 1. The van der Waals surface area contributed by atoms with Gasteiger partial charge in [0.25, 0.3) is 0 Å². The molecule has 0 aliphatic carbocycles. The predicted octanol–water partition coefficient (Wildman–Crippen LogP) is 2.92. The lowest BCUT2D eigenvalue weighted by atomic mass is 10.1. The predicted molar refractivity (Wildman–Crippen MR) is 74.1 cm³/mol. The second-order valence-corrected chi connectivity index (χ2v) is 5.22. The molecular weight excluding hydrogens is 283 g/mol. The number of anilines is 1. The number of benzene rings is 1. The van der Waals surface area contributed by atoms with Crippen molar-refractivity contribution in [3.63, 3.8) is 0 Å². The Labute approximate surface area is 121 Å². The lowest BCUT2D eigenvalue weighted by Gasteiger charge is -2.29. The maximum Gasteiger partial charge on any atom is 0.418 e. The van der Waals surface area contributed by atoms with Gasteiger partial charge in [0.05, 0.1) is 11.3 Å². The molecule has 2 N–H and O–H groups in total. The number of amides is 2. The Bertz CT molecular complexity index is 496. The van der Waals surface area contributed by atoms with Crippen LogP contribution in [0.5, 0.6) is 0 Å². The molecule has 7 heteroatoms. The Morgan fingerprint density at radius 2 is 1.86 bits per heavy atom. The van der Waals surface area contributed by atoms with Crippen LogP contribution in [-0.4, -0.2) is 37.1 Å². The average molecular weight is 301 g/mol. The maximum absolute atomic E-state index is 12.8. The van der Waals surface area contributed by atoms with Crippen LogP contribution in [0.25, 0.3) is 0 Å². The fourth-order valence-corrected chi connectivity index (χ4v) is 2.34. The number of alkyl halides is 3. The van der Waals surface area contributed by atoms with Gasteiger partial charge in [-0.15, -0.1) is 0 Å². The van der Waals surface area contributed by atoms with Gasteiger partial charge in [-0.1, -0.05) is 12.1 Å². The summed E-state index contributed by atoms with van der Waals surface area (Å²) < 4.78 is 38.5. The number of nitrogens with one attached hydrogen (secondary N) is 2. The normalized spacial score (nSPS) is 17.5. The number of piperidine rings is 1. The van der Waals surface area contributed by atoms with Gasteiger partial charge in [-0.05, 0) is 45.1 Å². The molecule has 2 amide bonds. The third kappa shape index (κ3) is 4.35. The number of carbonyl (C=O) groups is 1. The number of rotatable bonds is 2. The summed E-state index contributed by atoms with van der Waals surface area (Å²) in [4.78, 5) is 14.0. The highest BCUT2D eigenvalue weighted by Gasteiger charge is 2.33. The molecule has 1 aromatic carbocycles. The molecule has 1 aliphatic rings. The van der Waals surface area contributed by atoms with Crippen LogP contribution in [0, 0.1) is 0 Å². The summed E-state index contributed by atoms with van der Waals surface area (Å²) in [6.07, 6.45) is -2.90. The number of hydrogen-bond acceptors (Lipinski definition) is 2. The van der Waals surface area contributed by atoms with Crippen molar-refractivity contribution in [2.75, 3.05) is 25.5 Å². The van der Waals surface area contributed by atoms with E-state index in [1.807, 2.05) is 7.05 Å². The third-order valence-electron chi connectivity index (χ3n) is 3.53. The van der Waals surface area contributed by atoms with Crippen LogP contribution in [0.4, 0.5) is 23.7 Å². The van der Waals surface area contributed by atoms with Gasteiger partial charge in [-0.2, -0.15) is 13.2 Å². The quantitative estimate of drug-likeness (QED) is 0.882. The van der Waals surface area contributed by atoms with Gasteiger partial charge in [-0.3, -0.25) is 0 Å². The summed E-state index contributed by atoms with van der Waals surface area (Å²) in [5.74, 6) is 0. The van der Waals surface area contributed by atoms with E-state index in [4.69, 9.17) is 0 Å². The molecular formula is C14H18F3N3O. The lowest BCUT2D eigenvalue weighted by molar-refractivity contribution is -0.136.